The molecule has 0 spiro atoms. The lowest BCUT2D eigenvalue weighted by Gasteiger charge is -2.25. The molecule has 0 aromatic heterocycles. The van der Waals surface area contributed by atoms with Gasteiger partial charge in [-0.15, -0.1) is 0 Å². The lowest BCUT2D eigenvalue weighted by atomic mass is 9.86. The minimum Gasteiger partial charge on any atom is -0.493 e. The van der Waals surface area contributed by atoms with Crippen LogP contribution >= 0.6 is 15.9 Å². The first-order chi connectivity index (χ1) is 9.66. The Morgan fingerprint density at radius 2 is 2.05 bits per heavy atom. The summed E-state index contributed by atoms with van der Waals surface area (Å²) in [7, 11) is 0. The summed E-state index contributed by atoms with van der Waals surface area (Å²) in [5, 5.41) is 0. The number of carbonyl (C=O) groups excluding carboxylic acids is 1. The number of benzene rings is 2. The normalized spacial score (nSPS) is 17.2. The fourth-order valence-electron chi connectivity index (χ4n) is 2.49. The topological polar surface area (TPSA) is 26.3 Å². The van der Waals surface area contributed by atoms with E-state index in [1.54, 1.807) is 6.07 Å². The number of fused-ring (bicyclic) bond motifs is 1. The maximum atomic E-state index is 13.4. The summed E-state index contributed by atoms with van der Waals surface area (Å²) in [5.41, 5.74) is 1.26. The van der Waals surface area contributed by atoms with Crippen LogP contribution in [0.5, 0.6) is 5.75 Å². The number of para-hydroxylation sites is 1. The summed E-state index contributed by atoms with van der Waals surface area (Å²) in [6, 6.07) is 11.7. The van der Waals surface area contributed by atoms with Crippen LogP contribution in [-0.4, -0.2) is 12.4 Å². The van der Waals surface area contributed by atoms with E-state index in [2.05, 4.69) is 15.9 Å². The second-order valence-electron chi connectivity index (χ2n) is 4.72. The van der Waals surface area contributed by atoms with Crippen molar-refractivity contribution in [1.82, 2.24) is 0 Å². The summed E-state index contributed by atoms with van der Waals surface area (Å²) in [4.78, 5) is 12.7. The number of hydrogen-bond acceptors (Lipinski definition) is 2. The molecule has 102 valence electrons. The molecule has 0 saturated carbocycles. The van der Waals surface area contributed by atoms with Gasteiger partial charge in [-0.2, -0.15) is 0 Å². The molecule has 3 rings (SSSR count). The van der Waals surface area contributed by atoms with E-state index < -0.39 is 5.82 Å². The Bertz CT molecular complexity index is 669. The van der Waals surface area contributed by atoms with Gasteiger partial charge in [-0.3, -0.25) is 4.79 Å². The van der Waals surface area contributed by atoms with E-state index in [0.717, 1.165) is 11.3 Å². The Morgan fingerprint density at radius 1 is 1.25 bits per heavy atom. The number of carbonyl (C=O) groups is 1. The van der Waals surface area contributed by atoms with Crippen LogP contribution in [0, 0.1) is 5.82 Å². The predicted molar refractivity (Wildman–Crippen MR) is 77.7 cm³/mol. The fraction of sp³-hybridized carbons (Fsp3) is 0.188. The Morgan fingerprint density at radius 3 is 2.90 bits per heavy atom. The molecular formula is C16H12BrFO2. The summed E-state index contributed by atoms with van der Waals surface area (Å²) in [6.45, 7) is 0.500. The molecule has 1 unspecified atom stereocenters. The van der Waals surface area contributed by atoms with Crippen molar-refractivity contribution in [3.05, 3.63) is 63.9 Å². The van der Waals surface area contributed by atoms with Crippen LogP contribution in [0.15, 0.2) is 46.9 Å². The van der Waals surface area contributed by atoms with Gasteiger partial charge in [-0.05, 0) is 30.7 Å². The first kappa shape index (κ1) is 13.3. The molecule has 0 aliphatic carbocycles. The van der Waals surface area contributed by atoms with E-state index >= 15 is 0 Å². The number of hydrogen-bond donors (Lipinski definition) is 0. The highest BCUT2D eigenvalue weighted by Crippen LogP contribution is 2.36. The van der Waals surface area contributed by atoms with E-state index in [-0.39, 0.29) is 11.7 Å². The van der Waals surface area contributed by atoms with Crippen molar-refractivity contribution in [2.45, 2.75) is 12.3 Å². The quantitative estimate of drug-likeness (QED) is 0.764. The summed E-state index contributed by atoms with van der Waals surface area (Å²) in [6.07, 6.45) is 0.610. The first-order valence-electron chi connectivity index (χ1n) is 6.38. The van der Waals surface area contributed by atoms with Gasteiger partial charge in [0.05, 0.1) is 12.5 Å². The van der Waals surface area contributed by atoms with E-state index in [1.807, 2.05) is 24.3 Å². The maximum Gasteiger partial charge on any atom is 0.171 e. The minimum absolute atomic E-state index is 0.0767. The van der Waals surface area contributed by atoms with E-state index in [1.165, 1.54) is 12.1 Å². The van der Waals surface area contributed by atoms with Gasteiger partial charge in [0.15, 0.2) is 5.78 Å². The molecule has 2 aromatic rings. The molecule has 0 saturated heterocycles. The zero-order chi connectivity index (χ0) is 14.1. The maximum absolute atomic E-state index is 13.4. The molecule has 0 bridgehead atoms. The highest BCUT2D eigenvalue weighted by Gasteiger charge is 2.29. The van der Waals surface area contributed by atoms with Crippen LogP contribution in [0.1, 0.15) is 28.3 Å². The van der Waals surface area contributed by atoms with Crippen LogP contribution in [-0.2, 0) is 0 Å². The van der Waals surface area contributed by atoms with Crippen LogP contribution in [0.2, 0.25) is 0 Å². The molecule has 0 fully saturated rings. The van der Waals surface area contributed by atoms with Gasteiger partial charge in [-0.1, -0.05) is 34.1 Å². The Balaban J connectivity index is 2.02. The molecule has 2 aromatic carbocycles. The van der Waals surface area contributed by atoms with Crippen molar-refractivity contribution in [3.8, 4) is 5.75 Å². The summed E-state index contributed by atoms with van der Waals surface area (Å²) in [5.74, 6) is -0.0216. The molecule has 1 aliphatic heterocycles. The van der Waals surface area contributed by atoms with E-state index in [0.29, 0.717) is 23.1 Å². The van der Waals surface area contributed by atoms with Gasteiger partial charge in [0, 0.05) is 15.6 Å². The second-order valence-corrected chi connectivity index (χ2v) is 5.57. The largest absolute Gasteiger partial charge is 0.493 e. The minimum atomic E-state index is -0.406. The van der Waals surface area contributed by atoms with E-state index in [9.17, 15) is 9.18 Å². The average Bonchev–Trinajstić information content (AvgIpc) is 2.48. The van der Waals surface area contributed by atoms with Gasteiger partial charge in [0.1, 0.15) is 11.6 Å². The third kappa shape index (κ3) is 2.36. The Labute approximate surface area is 124 Å². The molecule has 1 heterocycles. The fourth-order valence-corrected chi connectivity index (χ4v) is 2.93. The molecule has 20 heavy (non-hydrogen) atoms. The number of halogens is 2. The van der Waals surface area contributed by atoms with Gasteiger partial charge >= 0.3 is 0 Å². The van der Waals surface area contributed by atoms with Gasteiger partial charge in [0.25, 0.3) is 0 Å². The second kappa shape index (κ2) is 5.37. The predicted octanol–water partition coefficient (Wildman–Crippen LogP) is 4.34. The Hall–Kier alpha value is -1.68. The van der Waals surface area contributed by atoms with Crippen molar-refractivity contribution in [3.63, 3.8) is 0 Å². The molecule has 1 atom stereocenters. The zero-order valence-corrected chi connectivity index (χ0v) is 12.2. The van der Waals surface area contributed by atoms with Crippen molar-refractivity contribution >= 4 is 21.7 Å². The molecule has 4 heteroatoms. The van der Waals surface area contributed by atoms with Crippen molar-refractivity contribution in [2.24, 2.45) is 0 Å². The van der Waals surface area contributed by atoms with Crippen LogP contribution in [0.4, 0.5) is 4.39 Å². The van der Waals surface area contributed by atoms with Gasteiger partial charge in [0.2, 0.25) is 0 Å². The molecule has 2 nitrogen and oxygen atoms in total. The van der Waals surface area contributed by atoms with Gasteiger partial charge in [-0.25, -0.2) is 4.39 Å². The van der Waals surface area contributed by atoms with Crippen molar-refractivity contribution < 1.29 is 13.9 Å². The van der Waals surface area contributed by atoms with Crippen LogP contribution in [0.25, 0.3) is 0 Å². The monoisotopic (exact) mass is 334 g/mol. The first-order valence-corrected chi connectivity index (χ1v) is 7.17. The number of Topliss-reactive ketones (excluding diaryl/α,β-unsaturated/α-hetero) is 1. The third-order valence-corrected chi connectivity index (χ3v) is 4.16. The zero-order valence-electron chi connectivity index (χ0n) is 10.6. The highest BCUT2D eigenvalue weighted by atomic mass is 79.9. The lowest BCUT2D eigenvalue weighted by Crippen LogP contribution is -2.21. The molecule has 1 aliphatic rings. The smallest absolute Gasteiger partial charge is 0.171 e. The molecule has 0 radical (unpaired) electrons. The summed E-state index contributed by atoms with van der Waals surface area (Å²) >= 11 is 3.32. The van der Waals surface area contributed by atoms with Crippen LogP contribution in [0.3, 0.4) is 0 Å². The third-order valence-electron chi connectivity index (χ3n) is 3.47. The summed E-state index contributed by atoms with van der Waals surface area (Å²) < 4.78 is 19.5. The standard InChI is InChI=1S/C16H12BrFO2/c17-14-6-5-10(18)9-13(14)16(19)12-7-8-20-15-4-2-1-3-11(12)15/h1-6,9,12H,7-8H2. The van der Waals surface area contributed by atoms with Crippen molar-refractivity contribution in [2.75, 3.05) is 6.61 Å². The van der Waals surface area contributed by atoms with Crippen LogP contribution < -0.4 is 4.74 Å². The number of rotatable bonds is 2. The Kier molecular flexibility index (Phi) is 3.57. The number of ketones is 1. The lowest BCUT2D eigenvalue weighted by molar-refractivity contribution is 0.0932. The molecular weight excluding hydrogens is 323 g/mol. The van der Waals surface area contributed by atoms with E-state index in [4.69, 9.17) is 4.74 Å². The SMILES string of the molecule is O=C(c1cc(F)ccc1Br)C1CCOc2ccccc21. The average molecular weight is 335 g/mol. The molecule has 0 amide bonds. The van der Waals surface area contributed by atoms with Crippen molar-refractivity contribution in [1.29, 1.82) is 0 Å². The highest BCUT2D eigenvalue weighted by molar-refractivity contribution is 9.10. The van der Waals surface area contributed by atoms with Gasteiger partial charge < -0.3 is 4.74 Å². The molecule has 0 N–H and O–H groups in total. The number of ether oxygens (including phenoxy) is 1.